The molecule has 3 heterocycles. The van der Waals surface area contributed by atoms with Crippen molar-refractivity contribution in [3.63, 3.8) is 0 Å². The highest BCUT2D eigenvalue weighted by Crippen LogP contribution is 2.37. The molecule has 0 aliphatic carbocycles. The summed E-state index contributed by atoms with van der Waals surface area (Å²) in [4.78, 5) is 16.3. The van der Waals surface area contributed by atoms with Crippen LogP contribution in [-0.4, -0.2) is 111 Å². The largest absolute Gasteiger partial charge is 0.493 e. The lowest BCUT2D eigenvalue weighted by Crippen LogP contribution is -2.47. The van der Waals surface area contributed by atoms with Gasteiger partial charge in [-0.1, -0.05) is 11.6 Å². The molecule has 41 heavy (non-hydrogen) atoms. The second kappa shape index (κ2) is 14.4. The van der Waals surface area contributed by atoms with Crippen LogP contribution in [0.5, 0.6) is 11.5 Å². The molecule has 11 heteroatoms. The van der Waals surface area contributed by atoms with Crippen molar-refractivity contribution in [2.75, 3.05) is 85.0 Å². The molecular weight excluding hydrogens is 547 g/mol. The quantitative estimate of drug-likeness (QED) is 0.305. The zero-order valence-electron chi connectivity index (χ0n) is 24.0. The summed E-state index contributed by atoms with van der Waals surface area (Å²) in [5.74, 6) is 1.49. The molecule has 5 rings (SSSR count). The first-order valence-corrected chi connectivity index (χ1v) is 14.8. The highest BCUT2D eigenvalue weighted by atomic mass is 35.5. The molecule has 2 aliphatic heterocycles. The van der Waals surface area contributed by atoms with Gasteiger partial charge in [-0.25, -0.2) is 14.4 Å². The molecule has 0 saturated carbocycles. The average molecular weight is 587 g/mol. The summed E-state index contributed by atoms with van der Waals surface area (Å²) in [5, 5.41) is 4.07. The van der Waals surface area contributed by atoms with E-state index in [2.05, 4.69) is 37.0 Å². The zero-order valence-corrected chi connectivity index (χ0v) is 24.7. The van der Waals surface area contributed by atoms with E-state index in [1.54, 1.807) is 19.2 Å². The molecule has 9 nitrogen and oxygen atoms in total. The van der Waals surface area contributed by atoms with Gasteiger partial charge < -0.3 is 29.3 Å². The zero-order chi connectivity index (χ0) is 28.6. The highest BCUT2D eigenvalue weighted by molar-refractivity contribution is 6.31. The van der Waals surface area contributed by atoms with Crippen LogP contribution in [0, 0.1) is 5.82 Å². The minimum Gasteiger partial charge on any atom is -0.493 e. The van der Waals surface area contributed by atoms with Gasteiger partial charge in [-0.2, -0.15) is 0 Å². The molecule has 1 aromatic heterocycles. The van der Waals surface area contributed by atoms with Gasteiger partial charge in [-0.05, 0) is 44.5 Å². The maximum Gasteiger partial charge on any atom is 0.145 e. The van der Waals surface area contributed by atoms with Crippen LogP contribution in [0.2, 0.25) is 5.02 Å². The number of hydrogen-bond acceptors (Lipinski definition) is 9. The van der Waals surface area contributed by atoms with E-state index in [1.807, 2.05) is 12.1 Å². The van der Waals surface area contributed by atoms with Gasteiger partial charge in [-0.3, -0.25) is 4.90 Å². The third-order valence-corrected chi connectivity index (χ3v) is 8.07. The van der Waals surface area contributed by atoms with Crippen LogP contribution < -0.4 is 14.8 Å². The topological polar surface area (TPSA) is 75.2 Å². The number of piperazine rings is 1. The number of ether oxygens (including phenoxy) is 3. The smallest absolute Gasteiger partial charge is 0.145 e. The predicted octanol–water partition coefficient (Wildman–Crippen LogP) is 4.67. The molecule has 0 radical (unpaired) electrons. The van der Waals surface area contributed by atoms with Gasteiger partial charge >= 0.3 is 0 Å². The lowest BCUT2D eigenvalue weighted by Gasteiger charge is -2.34. The third kappa shape index (κ3) is 8.17. The first-order valence-electron chi connectivity index (χ1n) is 14.4. The summed E-state index contributed by atoms with van der Waals surface area (Å²) < 4.78 is 31.8. The Morgan fingerprint density at radius 2 is 1.73 bits per heavy atom. The van der Waals surface area contributed by atoms with Crippen molar-refractivity contribution < 1.29 is 18.6 Å². The summed E-state index contributed by atoms with van der Waals surface area (Å²) in [7, 11) is 3.88. The van der Waals surface area contributed by atoms with E-state index in [-0.39, 0.29) is 11.1 Å². The maximum absolute atomic E-state index is 13.7. The van der Waals surface area contributed by atoms with Crippen molar-refractivity contribution in [3.05, 3.63) is 47.5 Å². The second-order valence-corrected chi connectivity index (χ2v) is 11.2. The molecule has 2 aliphatic rings. The first kappa shape index (κ1) is 29.7. The number of halogens is 2. The van der Waals surface area contributed by atoms with Crippen LogP contribution in [0.1, 0.15) is 19.3 Å². The Kier molecular flexibility index (Phi) is 10.5. The summed E-state index contributed by atoms with van der Waals surface area (Å²) in [5.41, 5.74) is 1.34. The van der Waals surface area contributed by atoms with Gasteiger partial charge in [0.25, 0.3) is 0 Å². The monoisotopic (exact) mass is 586 g/mol. The summed E-state index contributed by atoms with van der Waals surface area (Å²) in [6, 6.07) is 8.37. The number of methoxy groups -OCH3 is 1. The Balaban J connectivity index is 1.28. The Morgan fingerprint density at radius 3 is 2.46 bits per heavy atom. The van der Waals surface area contributed by atoms with E-state index in [0.717, 1.165) is 89.4 Å². The number of nitrogens with one attached hydrogen (secondary N) is 1. The molecular formula is C30H40ClFN6O3. The lowest BCUT2D eigenvalue weighted by molar-refractivity contribution is 0.0941. The first-order chi connectivity index (χ1) is 20.0. The van der Waals surface area contributed by atoms with Gasteiger partial charge in [0.05, 0.1) is 29.1 Å². The molecule has 2 fully saturated rings. The lowest BCUT2D eigenvalue weighted by atomic mass is 10.1. The van der Waals surface area contributed by atoms with Crippen LogP contribution in [0.4, 0.5) is 15.9 Å². The van der Waals surface area contributed by atoms with E-state index in [0.29, 0.717) is 29.4 Å². The Hall–Kier alpha value is -2.76. The van der Waals surface area contributed by atoms with Gasteiger partial charge in [0.1, 0.15) is 35.6 Å². The van der Waals surface area contributed by atoms with Crippen molar-refractivity contribution in [2.24, 2.45) is 0 Å². The number of anilines is 2. The molecule has 3 aromatic rings. The van der Waals surface area contributed by atoms with Crippen molar-refractivity contribution >= 4 is 34.0 Å². The fraction of sp³-hybridized carbons (Fsp3) is 0.533. The Labute approximate surface area is 246 Å². The third-order valence-electron chi connectivity index (χ3n) is 7.78. The van der Waals surface area contributed by atoms with E-state index in [1.165, 1.54) is 12.4 Å². The van der Waals surface area contributed by atoms with Gasteiger partial charge in [-0.15, -0.1) is 0 Å². The average Bonchev–Trinajstić information content (AvgIpc) is 2.98. The normalized spacial score (nSPS) is 17.7. The maximum atomic E-state index is 13.7. The molecule has 0 spiro atoms. The number of hydrogen-bond donors (Lipinski definition) is 1. The number of benzene rings is 2. The highest BCUT2D eigenvalue weighted by Gasteiger charge is 2.22. The number of fused-ring (bicyclic) bond motifs is 1. The van der Waals surface area contributed by atoms with Crippen molar-refractivity contribution in [2.45, 2.75) is 25.4 Å². The fourth-order valence-corrected chi connectivity index (χ4v) is 5.51. The fourth-order valence-electron chi connectivity index (χ4n) is 5.33. The van der Waals surface area contributed by atoms with Crippen LogP contribution in [0.15, 0.2) is 36.7 Å². The molecule has 0 amide bonds. The van der Waals surface area contributed by atoms with Crippen LogP contribution in [0.3, 0.4) is 0 Å². The summed E-state index contributed by atoms with van der Waals surface area (Å²) in [6.45, 7) is 9.64. The number of piperidine rings is 1. The van der Waals surface area contributed by atoms with Gasteiger partial charge in [0, 0.05) is 77.3 Å². The van der Waals surface area contributed by atoms with Crippen molar-refractivity contribution in [3.8, 4) is 11.5 Å². The van der Waals surface area contributed by atoms with E-state index >= 15 is 0 Å². The minimum atomic E-state index is -0.470. The Morgan fingerprint density at radius 1 is 0.976 bits per heavy atom. The molecule has 222 valence electrons. The standard InChI is InChI=1S/C30H40ClFN6O3/c1-36-9-6-23(7-10-36)41-28-20-24(40-16-3-8-37-11-13-38(14-12-37)15-17-39-2)19-27-29(28)30(34-21-33-27)35-22-4-5-26(32)25(31)18-22/h4-5,18-21,23H,3,6-17H2,1-2H3,(H,33,34,35). The number of aromatic nitrogens is 2. The van der Waals surface area contributed by atoms with E-state index in [9.17, 15) is 4.39 Å². The van der Waals surface area contributed by atoms with Gasteiger partial charge in [0.2, 0.25) is 0 Å². The Bertz CT molecular complexity index is 1280. The SMILES string of the molecule is COCCN1CCN(CCCOc2cc(OC3CCN(C)CC3)c3c(Nc4ccc(F)c(Cl)c4)ncnc3c2)CC1. The molecule has 0 atom stereocenters. The van der Waals surface area contributed by atoms with Crippen LogP contribution in [0.25, 0.3) is 10.9 Å². The van der Waals surface area contributed by atoms with Crippen LogP contribution in [-0.2, 0) is 4.74 Å². The van der Waals surface area contributed by atoms with Crippen molar-refractivity contribution in [1.82, 2.24) is 24.7 Å². The minimum absolute atomic E-state index is 0.0415. The molecule has 0 unspecified atom stereocenters. The molecule has 2 aromatic carbocycles. The second-order valence-electron chi connectivity index (χ2n) is 10.8. The molecule has 2 saturated heterocycles. The van der Waals surface area contributed by atoms with E-state index in [4.69, 9.17) is 25.8 Å². The van der Waals surface area contributed by atoms with Crippen LogP contribution >= 0.6 is 11.6 Å². The van der Waals surface area contributed by atoms with Crippen molar-refractivity contribution in [1.29, 1.82) is 0 Å². The van der Waals surface area contributed by atoms with E-state index < -0.39 is 5.82 Å². The van der Waals surface area contributed by atoms with Gasteiger partial charge in [0.15, 0.2) is 0 Å². The number of likely N-dealkylation sites (tertiary alicyclic amines) is 1. The summed E-state index contributed by atoms with van der Waals surface area (Å²) >= 11 is 6.02. The number of nitrogens with zero attached hydrogens (tertiary/aromatic N) is 5. The molecule has 0 bridgehead atoms. The predicted molar refractivity (Wildman–Crippen MR) is 160 cm³/mol. The number of rotatable bonds is 12. The molecule has 1 N–H and O–H groups in total. The summed E-state index contributed by atoms with van der Waals surface area (Å²) in [6.07, 6.45) is 4.40.